The summed E-state index contributed by atoms with van der Waals surface area (Å²) in [6.45, 7) is 1.86. The summed E-state index contributed by atoms with van der Waals surface area (Å²) >= 11 is 0. The van der Waals surface area contributed by atoms with Crippen LogP contribution in [-0.2, 0) is 20.9 Å². The number of piperazine rings is 1. The number of nitrogens with two attached hydrogens (primary N) is 1. The van der Waals surface area contributed by atoms with Gasteiger partial charge in [0.25, 0.3) is 0 Å². The lowest BCUT2D eigenvalue weighted by atomic mass is 9.86. The Bertz CT molecular complexity index is 787. The summed E-state index contributed by atoms with van der Waals surface area (Å²) in [7, 11) is 0. The van der Waals surface area contributed by atoms with Crippen molar-refractivity contribution in [2.45, 2.75) is 44.8 Å². The van der Waals surface area contributed by atoms with E-state index in [4.69, 9.17) is 15.9 Å². The number of rotatable bonds is 6. The van der Waals surface area contributed by atoms with E-state index in [1.54, 1.807) is 18.2 Å². The van der Waals surface area contributed by atoms with E-state index in [1.165, 1.54) is 0 Å². The smallest absolute Gasteiger partial charge is 0.313 e. The fraction of sp³-hybridized carbons (Fsp3) is 0.571. The lowest BCUT2D eigenvalue weighted by Gasteiger charge is -2.38. The maximum atomic E-state index is 14.9. The lowest BCUT2D eigenvalue weighted by Crippen LogP contribution is -2.51. The predicted molar refractivity (Wildman–Crippen MR) is 109 cm³/mol. The zero-order chi connectivity index (χ0) is 21.7. The molecule has 0 unspecified atom stereocenters. The van der Waals surface area contributed by atoms with E-state index < -0.39 is 11.8 Å². The van der Waals surface area contributed by atoms with E-state index in [-0.39, 0.29) is 42.4 Å². The molecule has 1 aliphatic heterocycles. The molecule has 4 N–H and O–H groups in total. The van der Waals surface area contributed by atoms with Gasteiger partial charge in [0.05, 0.1) is 11.8 Å². The van der Waals surface area contributed by atoms with E-state index >= 15 is 0 Å². The highest BCUT2D eigenvalue weighted by atomic mass is 19.1. The second kappa shape index (κ2) is 9.88. The fourth-order valence-electron chi connectivity index (χ4n) is 4.04. The number of amides is 1. The molecule has 1 heterocycles. The average Bonchev–Trinajstić information content (AvgIpc) is 2.73. The number of hydrogen-bond donors (Lipinski definition) is 3. The number of anilines is 1. The zero-order valence-corrected chi connectivity index (χ0v) is 17.0. The Morgan fingerprint density at radius 2 is 1.83 bits per heavy atom. The Morgan fingerprint density at radius 1 is 1.17 bits per heavy atom. The van der Waals surface area contributed by atoms with E-state index in [0.717, 1.165) is 12.8 Å². The maximum Gasteiger partial charge on any atom is 0.313 e. The Labute approximate surface area is 175 Å². The number of nitrogens with one attached hydrogen (secondary N) is 1. The minimum absolute atomic E-state index is 0.0234. The quantitative estimate of drug-likeness (QED) is 0.363. The summed E-state index contributed by atoms with van der Waals surface area (Å²) in [5.74, 6) is -1.31. The van der Waals surface area contributed by atoms with Crippen LogP contribution in [0.4, 0.5) is 10.1 Å². The largest absolute Gasteiger partial charge is 0.460 e. The van der Waals surface area contributed by atoms with Crippen molar-refractivity contribution in [3.63, 3.8) is 0 Å². The molecule has 2 aliphatic rings. The van der Waals surface area contributed by atoms with E-state index in [9.17, 15) is 19.1 Å². The molecule has 1 aromatic carbocycles. The molecular formula is C21H29FN4O4. The van der Waals surface area contributed by atoms with Crippen molar-refractivity contribution < 1.29 is 23.8 Å². The fourth-order valence-corrected chi connectivity index (χ4v) is 4.04. The van der Waals surface area contributed by atoms with Crippen LogP contribution in [0, 0.1) is 17.1 Å². The third kappa shape index (κ3) is 5.47. The van der Waals surface area contributed by atoms with Crippen molar-refractivity contribution in [1.82, 2.24) is 4.90 Å². The van der Waals surface area contributed by atoms with Crippen LogP contribution < -0.4 is 10.6 Å². The first-order valence-electron chi connectivity index (χ1n) is 10.3. The van der Waals surface area contributed by atoms with Crippen molar-refractivity contribution in [2.24, 2.45) is 11.7 Å². The van der Waals surface area contributed by atoms with Crippen LogP contribution in [0.2, 0.25) is 0 Å². The molecule has 1 saturated heterocycles. The average molecular weight is 420 g/mol. The van der Waals surface area contributed by atoms with Crippen LogP contribution in [-0.4, -0.2) is 60.0 Å². The van der Waals surface area contributed by atoms with Crippen molar-refractivity contribution >= 4 is 23.4 Å². The van der Waals surface area contributed by atoms with Crippen molar-refractivity contribution in [1.29, 1.82) is 5.41 Å². The Kier molecular flexibility index (Phi) is 7.25. The molecule has 0 atom stereocenters. The molecule has 0 aromatic heterocycles. The molecule has 9 heteroatoms. The highest BCUT2D eigenvalue weighted by molar-refractivity contribution is 5.94. The molecule has 0 radical (unpaired) electrons. The molecule has 30 heavy (non-hydrogen) atoms. The highest BCUT2D eigenvalue weighted by Crippen LogP contribution is 2.28. The summed E-state index contributed by atoms with van der Waals surface area (Å²) in [5, 5.41) is 16.7. The number of halogens is 1. The predicted octanol–water partition coefficient (Wildman–Crippen LogP) is 1.39. The minimum Gasteiger partial charge on any atom is -0.460 e. The third-order valence-corrected chi connectivity index (χ3v) is 5.76. The van der Waals surface area contributed by atoms with Gasteiger partial charge < -0.3 is 25.4 Å². The molecule has 1 amide bonds. The van der Waals surface area contributed by atoms with Gasteiger partial charge in [-0.15, -0.1) is 0 Å². The first-order chi connectivity index (χ1) is 14.3. The monoisotopic (exact) mass is 420 g/mol. The Balaban J connectivity index is 1.55. The van der Waals surface area contributed by atoms with Gasteiger partial charge in [0.1, 0.15) is 18.9 Å². The van der Waals surface area contributed by atoms with Gasteiger partial charge in [-0.2, -0.15) is 0 Å². The topological polar surface area (TPSA) is 120 Å². The summed E-state index contributed by atoms with van der Waals surface area (Å²) in [4.78, 5) is 28.0. The number of aliphatic hydroxyl groups excluding tert-OH is 1. The van der Waals surface area contributed by atoms with Gasteiger partial charge in [-0.25, -0.2) is 4.39 Å². The molecule has 3 rings (SSSR count). The van der Waals surface area contributed by atoms with Gasteiger partial charge in [0, 0.05) is 37.7 Å². The molecule has 164 valence electrons. The van der Waals surface area contributed by atoms with Crippen LogP contribution in [0.3, 0.4) is 0 Å². The number of nitrogens with zero attached hydrogens (tertiary/aromatic N) is 2. The van der Waals surface area contributed by atoms with Gasteiger partial charge in [-0.1, -0.05) is 12.1 Å². The number of benzene rings is 1. The number of carbonyl (C=O) groups excluding carboxylic acids is 2. The summed E-state index contributed by atoms with van der Waals surface area (Å²) in [6, 6.07) is 4.94. The van der Waals surface area contributed by atoms with Crippen molar-refractivity contribution in [3.05, 3.63) is 29.6 Å². The molecule has 1 saturated carbocycles. The number of amidine groups is 1. The SMILES string of the molecule is N=C(N)CC(=O)OCc1cccc(N2CCN(C(=O)C3CCC(O)CC3)CC2)c1F. The second-order valence-electron chi connectivity index (χ2n) is 7.93. The molecule has 1 aromatic rings. The van der Waals surface area contributed by atoms with Gasteiger partial charge in [0.2, 0.25) is 5.91 Å². The van der Waals surface area contributed by atoms with Crippen LogP contribution in [0.1, 0.15) is 37.7 Å². The maximum absolute atomic E-state index is 14.9. The zero-order valence-electron chi connectivity index (χ0n) is 17.0. The molecule has 2 fully saturated rings. The molecule has 8 nitrogen and oxygen atoms in total. The van der Waals surface area contributed by atoms with E-state index in [1.807, 2.05) is 9.80 Å². The normalized spacial score (nSPS) is 21.9. The van der Waals surface area contributed by atoms with E-state index in [0.29, 0.717) is 44.7 Å². The minimum atomic E-state index is -0.672. The highest BCUT2D eigenvalue weighted by Gasteiger charge is 2.31. The van der Waals surface area contributed by atoms with Gasteiger partial charge in [-0.05, 0) is 31.7 Å². The van der Waals surface area contributed by atoms with Crippen molar-refractivity contribution in [2.75, 3.05) is 31.1 Å². The van der Waals surface area contributed by atoms with Gasteiger partial charge >= 0.3 is 5.97 Å². The number of hydrogen-bond acceptors (Lipinski definition) is 6. The number of esters is 1. The van der Waals surface area contributed by atoms with Gasteiger partial charge in [0.15, 0.2) is 5.82 Å². The van der Waals surface area contributed by atoms with Crippen LogP contribution >= 0.6 is 0 Å². The third-order valence-electron chi connectivity index (χ3n) is 5.76. The number of carbonyl (C=O) groups is 2. The van der Waals surface area contributed by atoms with Crippen LogP contribution in [0.25, 0.3) is 0 Å². The summed E-state index contributed by atoms with van der Waals surface area (Å²) < 4.78 is 19.9. The molecule has 1 aliphatic carbocycles. The number of aliphatic hydroxyl groups is 1. The summed E-state index contributed by atoms with van der Waals surface area (Å²) in [6.07, 6.45) is 2.18. The van der Waals surface area contributed by atoms with E-state index in [2.05, 4.69) is 0 Å². The molecular weight excluding hydrogens is 391 g/mol. The number of ether oxygens (including phenoxy) is 1. The van der Waals surface area contributed by atoms with Gasteiger partial charge in [-0.3, -0.25) is 15.0 Å². The first-order valence-corrected chi connectivity index (χ1v) is 10.3. The van der Waals surface area contributed by atoms with Crippen molar-refractivity contribution in [3.8, 4) is 0 Å². The Hall–Kier alpha value is -2.68. The first kappa shape index (κ1) is 22.0. The van der Waals surface area contributed by atoms with Crippen LogP contribution in [0.15, 0.2) is 18.2 Å². The molecule has 0 bridgehead atoms. The summed E-state index contributed by atoms with van der Waals surface area (Å²) in [5.41, 5.74) is 5.84. The lowest BCUT2D eigenvalue weighted by molar-refractivity contribution is -0.143. The standard InChI is InChI=1S/C21H29FN4O4/c22-20-15(13-30-19(28)12-18(23)24)2-1-3-17(20)25-8-10-26(11-9-25)21(29)14-4-6-16(27)7-5-14/h1-3,14,16,27H,4-13H2,(H3,23,24). The Morgan fingerprint density at radius 3 is 2.47 bits per heavy atom. The molecule has 0 spiro atoms. The second-order valence-corrected chi connectivity index (χ2v) is 7.93. The van der Waals surface area contributed by atoms with Crippen LogP contribution in [0.5, 0.6) is 0 Å².